The summed E-state index contributed by atoms with van der Waals surface area (Å²) in [4.78, 5) is 0. The highest BCUT2D eigenvalue weighted by Gasteiger charge is 2.17. The highest BCUT2D eigenvalue weighted by Crippen LogP contribution is 2.10. The molecule has 0 bridgehead atoms. The van der Waals surface area contributed by atoms with Gasteiger partial charge in [-0.1, -0.05) is 27.2 Å². The van der Waals surface area contributed by atoms with E-state index in [1.54, 1.807) is 0 Å². The van der Waals surface area contributed by atoms with Gasteiger partial charge in [0.25, 0.3) is 0 Å². The summed E-state index contributed by atoms with van der Waals surface area (Å²) in [5, 5.41) is 18.5. The maximum absolute atomic E-state index is 9.28. The fourth-order valence-electron chi connectivity index (χ4n) is 0.911. The highest BCUT2D eigenvalue weighted by molar-refractivity contribution is 4.69. The predicted octanol–water partition coefficient (Wildman–Crippen LogP) is 1.16. The molecular weight excluding hydrogens is 128 g/mol. The van der Waals surface area contributed by atoms with Crippen LogP contribution in [0.15, 0.2) is 0 Å². The first-order chi connectivity index (χ1) is 4.59. The van der Waals surface area contributed by atoms with Crippen LogP contribution in [-0.4, -0.2) is 22.4 Å². The molecule has 2 N–H and O–H groups in total. The predicted molar refractivity (Wildman–Crippen MR) is 41.8 cm³/mol. The fourth-order valence-corrected chi connectivity index (χ4v) is 0.911. The van der Waals surface area contributed by atoms with Crippen molar-refractivity contribution in [2.75, 3.05) is 0 Å². The molecule has 0 unspecified atom stereocenters. The summed E-state index contributed by atoms with van der Waals surface area (Å²) in [6, 6.07) is 0. The summed E-state index contributed by atoms with van der Waals surface area (Å²) >= 11 is 0. The summed E-state index contributed by atoms with van der Waals surface area (Å²) < 4.78 is 0. The van der Waals surface area contributed by atoms with Crippen LogP contribution in [0.3, 0.4) is 0 Å². The first kappa shape index (κ1) is 9.92. The topological polar surface area (TPSA) is 40.5 Å². The van der Waals surface area contributed by atoms with Gasteiger partial charge >= 0.3 is 0 Å². The Hall–Kier alpha value is -0.0800. The molecular formula is C8H18O2. The summed E-state index contributed by atoms with van der Waals surface area (Å²) in [5.74, 6) is 0.154. The lowest BCUT2D eigenvalue weighted by Crippen LogP contribution is -2.30. The highest BCUT2D eigenvalue weighted by atomic mass is 16.3. The van der Waals surface area contributed by atoms with Crippen LogP contribution in [0, 0.1) is 5.92 Å². The van der Waals surface area contributed by atoms with Gasteiger partial charge in [0, 0.05) is 0 Å². The Morgan fingerprint density at radius 3 is 2.00 bits per heavy atom. The molecule has 0 rings (SSSR count). The molecule has 10 heavy (non-hydrogen) atoms. The van der Waals surface area contributed by atoms with Crippen LogP contribution >= 0.6 is 0 Å². The molecule has 62 valence electrons. The van der Waals surface area contributed by atoms with E-state index in [1.165, 1.54) is 0 Å². The van der Waals surface area contributed by atoms with Gasteiger partial charge in [-0.2, -0.15) is 0 Å². The minimum absolute atomic E-state index is 0.154. The molecule has 0 aromatic carbocycles. The molecule has 0 spiro atoms. The van der Waals surface area contributed by atoms with Crippen molar-refractivity contribution >= 4 is 0 Å². The SMILES string of the molecule is CCC[C@H](O)[C@@H](O)C(C)C. The van der Waals surface area contributed by atoms with E-state index in [4.69, 9.17) is 0 Å². The average Bonchev–Trinajstić information content (AvgIpc) is 1.87. The quantitative estimate of drug-likeness (QED) is 0.625. The van der Waals surface area contributed by atoms with Crippen LogP contribution in [0.2, 0.25) is 0 Å². The molecule has 0 aromatic heterocycles. The Bertz CT molecular complexity index is 81.3. The second-order valence-corrected chi connectivity index (χ2v) is 3.09. The molecule has 0 amide bonds. The average molecular weight is 146 g/mol. The van der Waals surface area contributed by atoms with Crippen molar-refractivity contribution in [3.05, 3.63) is 0 Å². The Labute approximate surface area is 62.9 Å². The number of hydrogen-bond acceptors (Lipinski definition) is 2. The van der Waals surface area contributed by atoms with E-state index >= 15 is 0 Å². The van der Waals surface area contributed by atoms with Crippen molar-refractivity contribution in [2.45, 2.75) is 45.8 Å². The van der Waals surface area contributed by atoms with Crippen LogP contribution in [0.5, 0.6) is 0 Å². The van der Waals surface area contributed by atoms with E-state index in [2.05, 4.69) is 0 Å². The Morgan fingerprint density at radius 1 is 1.20 bits per heavy atom. The molecule has 0 radical (unpaired) electrons. The van der Waals surface area contributed by atoms with Crippen molar-refractivity contribution in [2.24, 2.45) is 5.92 Å². The number of aliphatic hydroxyl groups is 2. The van der Waals surface area contributed by atoms with Crippen LogP contribution in [-0.2, 0) is 0 Å². The fraction of sp³-hybridized carbons (Fsp3) is 1.00. The third-order valence-corrected chi connectivity index (χ3v) is 1.66. The Morgan fingerprint density at radius 2 is 1.70 bits per heavy atom. The zero-order valence-corrected chi connectivity index (χ0v) is 7.04. The summed E-state index contributed by atoms with van der Waals surface area (Å²) in [6.07, 6.45) is 0.523. The first-order valence-corrected chi connectivity index (χ1v) is 3.95. The third-order valence-electron chi connectivity index (χ3n) is 1.66. The second kappa shape index (κ2) is 4.69. The zero-order valence-electron chi connectivity index (χ0n) is 7.04. The lowest BCUT2D eigenvalue weighted by atomic mass is 9.99. The van der Waals surface area contributed by atoms with Crippen molar-refractivity contribution in [1.82, 2.24) is 0 Å². The van der Waals surface area contributed by atoms with Crippen molar-refractivity contribution in [1.29, 1.82) is 0 Å². The monoisotopic (exact) mass is 146 g/mol. The third kappa shape index (κ3) is 3.18. The van der Waals surface area contributed by atoms with Crippen LogP contribution in [0.25, 0.3) is 0 Å². The van der Waals surface area contributed by atoms with Gasteiger partial charge in [-0.3, -0.25) is 0 Å². The van der Waals surface area contributed by atoms with E-state index in [-0.39, 0.29) is 5.92 Å². The molecule has 0 aromatic rings. The first-order valence-electron chi connectivity index (χ1n) is 3.95. The van der Waals surface area contributed by atoms with Crippen molar-refractivity contribution in [3.8, 4) is 0 Å². The summed E-state index contributed by atoms with van der Waals surface area (Å²) in [6.45, 7) is 5.81. The molecule has 2 nitrogen and oxygen atoms in total. The lowest BCUT2D eigenvalue weighted by molar-refractivity contribution is -0.0123. The minimum Gasteiger partial charge on any atom is -0.390 e. The van der Waals surface area contributed by atoms with Crippen LogP contribution < -0.4 is 0 Å². The largest absolute Gasteiger partial charge is 0.390 e. The van der Waals surface area contributed by atoms with Gasteiger partial charge in [-0.05, 0) is 12.3 Å². The Kier molecular flexibility index (Phi) is 4.65. The molecule has 0 heterocycles. The molecule has 2 atom stereocenters. The minimum atomic E-state index is -0.556. The number of rotatable bonds is 4. The maximum Gasteiger partial charge on any atom is 0.0821 e. The second-order valence-electron chi connectivity index (χ2n) is 3.09. The lowest BCUT2D eigenvalue weighted by Gasteiger charge is -2.20. The van der Waals surface area contributed by atoms with Gasteiger partial charge in [0.1, 0.15) is 0 Å². The van der Waals surface area contributed by atoms with Gasteiger partial charge in [0.05, 0.1) is 12.2 Å². The molecule has 0 aliphatic heterocycles. The van der Waals surface area contributed by atoms with Gasteiger partial charge in [-0.15, -0.1) is 0 Å². The molecule has 0 aliphatic carbocycles. The maximum atomic E-state index is 9.28. The van der Waals surface area contributed by atoms with Crippen molar-refractivity contribution < 1.29 is 10.2 Å². The van der Waals surface area contributed by atoms with Crippen molar-refractivity contribution in [3.63, 3.8) is 0 Å². The summed E-state index contributed by atoms with van der Waals surface area (Å²) in [5.41, 5.74) is 0. The normalized spacial score (nSPS) is 17.4. The van der Waals surface area contributed by atoms with E-state index in [0.717, 1.165) is 6.42 Å². The standard InChI is InChI=1S/C8H18O2/c1-4-5-7(9)8(10)6(2)3/h6-10H,4-5H2,1-3H3/t7-,8-/m0/s1. The van der Waals surface area contributed by atoms with Gasteiger partial charge < -0.3 is 10.2 Å². The van der Waals surface area contributed by atoms with E-state index in [9.17, 15) is 10.2 Å². The van der Waals surface area contributed by atoms with Gasteiger partial charge in [0.2, 0.25) is 0 Å². The molecule has 0 saturated heterocycles. The Balaban J connectivity index is 3.58. The summed E-state index contributed by atoms with van der Waals surface area (Å²) in [7, 11) is 0. The van der Waals surface area contributed by atoms with E-state index < -0.39 is 12.2 Å². The molecule has 0 saturated carbocycles. The molecule has 0 aliphatic rings. The molecule has 0 fully saturated rings. The smallest absolute Gasteiger partial charge is 0.0821 e. The molecule has 2 heteroatoms. The van der Waals surface area contributed by atoms with E-state index in [0.29, 0.717) is 6.42 Å². The van der Waals surface area contributed by atoms with E-state index in [1.807, 2.05) is 20.8 Å². The van der Waals surface area contributed by atoms with Gasteiger partial charge in [-0.25, -0.2) is 0 Å². The van der Waals surface area contributed by atoms with Gasteiger partial charge in [0.15, 0.2) is 0 Å². The number of hydrogen-bond donors (Lipinski definition) is 2. The van der Waals surface area contributed by atoms with Crippen LogP contribution in [0.4, 0.5) is 0 Å². The van der Waals surface area contributed by atoms with Crippen LogP contribution in [0.1, 0.15) is 33.6 Å². The number of aliphatic hydroxyl groups excluding tert-OH is 2. The zero-order chi connectivity index (χ0) is 8.15.